The van der Waals surface area contributed by atoms with E-state index in [0.717, 1.165) is 6.54 Å². The minimum Gasteiger partial charge on any atom is -0.330 e. The Bertz CT molecular complexity index is 76.0. The molecule has 0 fully saturated rings. The van der Waals surface area contributed by atoms with Gasteiger partial charge in [0.05, 0.1) is 0 Å². The molecule has 0 heterocycles. The molecule has 64 valence electrons. The third-order valence-electron chi connectivity index (χ3n) is 2.01. The Morgan fingerprint density at radius 2 is 1.80 bits per heavy atom. The zero-order valence-electron chi connectivity index (χ0n) is 7.31. The second kappa shape index (κ2) is 6.19. The quantitative estimate of drug-likeness (QED) is 0.663. The Labute approximate surface area is 71.8 Å². The maximum absolute atomic E-state index is 5.41. The fourth-order valence-electron chi connectivity index (χ4n) is 0.757. The normalized spacial score (nSPS) is 10.8. The van der Waals surface area contributed by atoms with Gasteiger partial charge in [-0.25, -0.2) is 0 Å². The molecule has 0 spiro atoms. The molecule has 0 amide bonds. The maximum Gasteiger partial charge on any atom is 0.0471 e. The molecule has 2 N–H and O–H groups in total. The van der Waals surface area contributed by atoms with Crippen LogP contribution in [0.5, 0.6) is 0 Å². The monoisotopic (exact) mass is 181 g/mol. The highest BCUT2D eigenvalue weighted by molar-refractivity contribution is 6.77. The van der Waals surface area contributed by atoms with E-state index in [1.54, 1.807) is 0 Å². The zero-order valence-corrected chi connectivity index (χ0v) is 9.13. The van der Waals surface area contributed by atoms with Crippen molar-refractivity contribution in [3.63, 3.8) is 0 Å². The third-order valence-corrected chi connectivity index (χ3v) is 5.64. The molecule has 0 radical (unpaired) electrons. The molecule has 0 aromatic carbocycles. The van der Waals surface area contributed by atoms with Crippen LogP contribution in [-0.4, -0.2) is 14.6 Å². The van der Waals surface area contributed by atoms with Crippen LogP contribution in [0.25, 0.3) is 0 Å². The van der Waals surface area contributed by atoms with E-state index in [9.17, 15) is 0 Å². The highest BCUT2D eigenvalue weighted by atomic mass is 35.5. The lowest BCUT2D eigenvalue weighted by Gasteiger charge is -2.18. The summed E-state index contributed by atoms with van der Waals surface area (Å²) in [5.41, 5.74) is 5.41. The van der Waals surface area contributed by atoms with Gasteiger partial charge in [-0.05, 0) is 13.0 Å². The van der Waals surface area contributed by atoms with Gasteiger partial charge in [0, 0.05) is 8.07 Å². The third kappa shape index (κ3) is 6.58. The predicted molar refractivity (Wildman–Crippen MR) is 53.7 cm³/mol. The van der Waals surface area contributed by atoms with Crippen LogP contribution in [0.2, 0.25) is 25.2 Å². The predicted octanol–water partition coefficient (Wildman–Crippen LogP) is 2.49. The number of hydrogen-bond donors (Lipinski definition) is 1. The summed E-state index contributed by atoms with van der Waals surface area (Å²) in [5, 5.41) is 0. The summed E-state index contributed by atoms with van der Waals surface area (Å²) < 4.78 is 0. The molecule has 1 nitrogen and oxygen atoms in total. The van der Waals surface area contributed by atoms with Crippen LogP contribution in [0.4, 0.5) is 0 Å². The molecule has 0 saturated heterocycles. The zero-order chi connectivity index (χ0) is 7.33. The van der Waals surface area contributed by atoms with E-state index in [2.05, 4.69) is 20.0 Å². The van der Waals surface area contributed by atoms with Gasteiger partial charge >= 0.3 is 0 Å². The van der Waals surface area contributed by atoms with Crippen molar-refractivity contribution in [2.75, 3.05) is 6.54 Å². The van der Waals surface area contributed by atoms with E-state index in [4.69, 9.17) is 5.73 Å². The van der Waals surface area contributed by atoms with Crippen LogP contribution in [0, 0.1) is 0 Å². The van der Waals surface area contributed by atoms with E-state index in [1.807, 2.05) is 0 Å². The first-order chi connectivity index (χ1) is 4.12. The van der Waals surface area contributed by atoms with Crippen molar-refractivity contribution in [3.8, 4) is 0 Å². The molecule has 3 heteroatoms. The molecule has 0 aliphatic rings. The van der Waals surface area contributed by atoms with Crippen LogP contribution < -0.4 is 5.73 Å². The summed E-state index contributed by atoms with van der Waals surface area (Å²) in [5.74, 6) is 0. The molecule has 0 saturated carbocycles. The lowest BCUT2D eigenvalue weighted by molar-refractivity contribution is 0.907. The first-order valence-electron chi connectivity index (χ1n) is 3.82. The highest BCUT2D eigenvalue weighted by Gasteiger charge is 2.15. The second-order valence-corrected chi connectivity index (χ2v) is 8.95. The largest absolute Gasteiger partial charge is 0.330 e. The smallest absolute Gasteiger partial charge is 0.0471 e. The molecule has 0 aromatic rings. The Morgan fingerprint density at radius 1 is 1.30 bits per heavy atom. The summed E-state index contributed by atoms with van der Waals surface area (Å²) in [7, 11) is -0.778. The Morgan fingerprint density at radius 3 is 2.10 bits per heavy atom. The minimum atomic E-state index is -0.778. The van der Waals surface area contributed by atoms with Crippen LogP contribution >= 0.6 is 12.4 Å². The van der Waals surface area contributed by atoms with Crippen molar-refractivity contribution in [3.05, 3.63) is 0 Å². The summed E-state index contributed by atoms with van der Waals surface area (Å²) in [6.45, 7) is 8.03. The molecule has 0 atom stereocenters. The van der Waals surface area contributed by atoms with Gasteiger partial charge in [-0.1, -0.05) is 32.1 Å². The van der Waals surface area contributed by atoms with Crippen molar-refractivity contribution < 1.29 is 0 Å². The van der Waals surface area contributed by atoms with Crippen LogP contribution in [0.1, 0.15) is 13.3 Å². The maximum atomic E-state index is 5.41. The SMILES string of the molecule is CC[Si](C)(C)CCCN.Cl. The first kappa shape index (κ1) is 13.1. The summed E-state index contributed by atoms with van der Waals surface area (Å²) in [6, 6.07) is 2.80. The van der Waals surface area contributed by atoms with Crippen molar-refractivity contribution in [1.82, 2.24) is 0 Å². The van der Waals surface area contributed by atoms with Gasteiger partial charge in [-0.3, -0.25) is 0 Å². The Hall–Kier alpha value is 0.467. The second-order valence-electron chi connectivity index (χ2n) is 3.41. The first-order valence-corrected chi connectivity index (χ1v) is 7.24. The summed E-state index contributed by atoms with van der Waals surface area (Å²) in [6.07, 6.45) is 1.23. The van der Waals surface area contributed by atoms with Crippen LogP contribution in [0.3, 0.4) is 0 Å². The fourth-order valence-corrected chi connectivity index (χ4v) is 2.27. The molecule has 0 bridgehead atoms. The van der Waals surface area contributed by atoms with E-state index in [1.165, 1.54) is 18.5 Å². The van der Waals surface area contributed by atoms with Gasteiger partial charge in [0.1, 0.15) is 0 Å². The number of halogens is 1. The molecular formula is C7H20ClNSi. The highest BCUT2D eigenvalue weighted by Crippen LogP contribution is 2.15. The van der Waals surface area contributed by atoms with Gasteiger partial charge in [-0.15, -0.1) is 12.4 Å². The van der Waals surface area contributed by atoms with E-state index < -0.39 is 8.07 Å². The van der Waals surface area contributed by atoms with Crippen molar-refractivity contribution in [2.24, 2.45) is 5.73 Å². The van der Waals surface area contributed by atoms with Gasteiger partial charge in [0.2, 0.25) is 0 Å². The summed E-state index contributed by atoms with van der Waals surface area (Å²) in [4.78, 5) is 0. The fraction of sp³-hybridized carbons (Fsp3) is 1.00. The standard InChI is InChI=1S/C7H19NSi.ClH/c1-4-9(2,3)7-5-6-8;/h4-8H2,1-3H3;1H. The van der Waals surface area contributed by atoms with Gasteiger partial charge in [0.15, 0.2) is 0 Å². The number of nitrogens with two attached hydrogens (primary N) is 1. The molecule has 0 aromatic heterocycles. The van der Waals surface area contributed by atoms with Gasteiger partial charge in [-0.2, -0.15) is 0 Å². The Kier molecular flexibility index (Phi) is 8.11. The average Bonchev–Trinajstić information content (AvgIpc) is 1.84. The minimum absolute atomic E-state index is 0. The van der Waals surface area contributed by atoms with E-state index in [-0.39, 0.29) is 12.4 Å². The lowest BCUT2D eigenvalue weighted by atomic mass is 10.5. The summed E-state index contributed by atoms with van der Waals surface area (Å²) >= 11 is 0. The molecule has 0 unspecified atom stereocenters. The van der Waals surface area contributed by atoms with Crippen LogP contribution in [0.15, 0.2) is 0 Å². The molecular weight excluding hydrogens is 162 g/mol. The topological polar surface area (TPSA) is 26.0 Å². The lowest BCUT2D eigenvalue weighted by Crippen LogP contribution is -2.24. The molecule has 10 heavy (non-hydrogen) atoms. The van der Waals surface area contributed by atoms with Gasteiger partial charge in [0.25, 0.3) is 0 Å². The number of hydrogen-bond acceptors (Lipinski definition) is 1. The Balaban J connectivity index is 0. The van der Waals surface area contributed by atoms with Gasteiger partial charge < -0.3 is 5.73 Å². The van der Waals surface area contributed by atoms with E-state index >= 15 is 0 Å². The molecule has 0 aliphatic carbocycles. The molecule has 0 aliphatic heterocycles. The molecule has 0 rings (SSSR count). The van der Waals surface area contributed by atoms with Crippen molar-refractivity contribution in [2.45, 2.75) is 38.5 Å². The average molecular weight is 182 g/mol. The van der Waals surface area contributed by atoms with Crippen molar-refractivity contribution >= 4 is 20.5 Å². The van der Waals surface area contributed by atoms with Crippen LogP contribution in [-0.2, 0) is 0 Å². The number of rotatable bonds is 4. The van der Waals surface area contributed by atoms with E-state index in [0.29, 0.717) is 0 Å². The van der Waals surface area contributed by atoms with Crippen molar-refractivity contribution in [1.29, 1.82) is 0 Å².